The highest BCUT2D eigenvalue weighted by atomic mass is 79.9. The molecule has 1 heterocycles. The molecule has 0 unspecified atom stereocenters. The lowest BCUT2D eigenvalue weighted by Gasteiger charge is -2.12. The number of hydrogen-bond acceptors (Lipinski definition) is 4. The van der Waals surface area contributed by atoms with E-state index in [9.17, 15) is 4.79 Å². The number of carbonyl (C=O) groups is 1. The van der Waals surface area contributed by atoms with Crippen LogP contribution in [0, 0.1) is 13.8 Å². The fourth-order valence-corrected chi connectivity index (χ4v) is 4.23. The third kappa shape index (κ3) is 4.99. The van der Waals surface area contributed by atoms with Gasteiger partial charge in [-0.15, -0.1) is 10.2 Å². The molecule has 0 fully saturated rings. The van der Waals surface area contributed by atoms with Crippen molar-refractivity contribution in [3.05, 3.63) is 69.5 Å². The second-order valence-electron chi connectivity index (χ2n) is 6.37. The van der Waals surface area contributed by atoms with Crippen LogP contribution in [0.4, 0.5) is 5.69 Å². The summed E-state index contributed by atoms with van der Waals surface area (Å²) in [6.07, 6.45) is 0.717. The Morgan fingerprint density at radius 1 is 1.15 bits per heavy atom. The summed E-state index contributed by atoms with van der Waals surface area (Å²) in [7, 11) is 1.93. The zero-order valence-electron chi connectivity index (χ0n) is 15.5. The molecule has 140 valence electrons. The fourth-order valence-electron chi connectivity index (χ4n) is 2.82. The second-order valence-corrected chi connectivity index (χ2v) is 8.23. The van der Waals surface area contributed by atoms with Crippen LogP contribution in [0.25, 0.3) is 0 Å². The molecule has 3 aromatic rings. The normalized spacial score (nSPS) is 10.8. The Labute approximate surface area is 171 Å². The number of halogens is 1. The van der Waals surface area contributed by atoms with Crippen LogP contribution in [0.3, 0.4) is 0 Å². The van der Waals surface area contributed by atoms with Crippen molar-refractivity contribution in [3.8, 4) is 0 Å². The van der Waals surface area contributed by atoms with Gasteiger partial charge >= 0.3 is 0 Å². The predicted octanol–water partition coefficient (Wildman–Crippen LogP) is 4.52. The number of thioether (sulfide) groups is 1. The Balaban J connectivity index is 1.61. The van der Waals surface area contributed by atoms with Crippen molar-refractivity contribution in [1.29, 1.82) is 0 Å². The van der Waals surface area contributed by atoms with E-state index in [0.29, 0.717) is 6.42 Å². The van der Waals surface area contributed by atoms with Crippen molar-refractivity contribution in [2.24, 2.45) is 7.05 Å². The third-order valence-electron chi connectivity index (χ3n) is 4.22. The van der Waals surface area contributed by atoms with Crippen molar-refractivity contribution in [3.63, 3.8) is 0 Å². The van der Waals surface area contributed by atoms with E-state index in [-0.39, 0.29) is 11.7 Å². The molecule has 0 saturated carbocycles. The number of aromatic nitrogens is 3. The van der Waals surface area contributed by atoms with Crippen molar-refractivity contribution in [1.82, 2.24) is 14.8 Å². The van der Waals surface area contributed by atoms with E-state index in [4.69, 9.17) is 0 Å². The van der Waals surface area contributed by atoms with Crippen LogP contribution in [-0.4, -0.2) is 26.4 Å². The van der Waals surface area contributed by atoms with Crippen molar-refractivity contribution >= 4 is 39.3 Å². The van der Waals surface area contributed by atoms with Crippen LogP contribution < -0.4 is 5.32 Å². The van der Waals surface area contributed by atoms with Gasteiger partial charge in [-0.2, -0.15) is 0 Å². The van der Waals surface area contributed by atoms with Crippen LogP contribution in [0.15, 0.2) is 52.1 Å². The summed E-state index contributed by atoms with van der Waals surface area (Å²) < 4.78 is 2.95. The lowest BCUT2D eigenvalue weighted by Crippen LogP contribution is -2.16. The van der Waals surface area contributed by atoms with Gasteiger partial charge in [-0.1, -0.05) is 58.0 Å². The number of nitrogens with one attached hydrogen (secondary N) is 1. The van der Waals surface area contributed by atoms with Gasteiger partial charge < -0.3 is 9.88 Å². The number of hydrogen-bond donors (Lipinski definition) is 1. The van der Waals surface area contributed by atoms with Crippen LogP contribution >= 0.6 is 27.7 Å². The molecule has 0 atom stereocenters. The smallest absolute Gasteiger partial charge is 0.234 e. The van der Waals surface area contributed by atoms with E-state index in [1.165, 1.54) is 17.3 Å². The molecule has 27 heavy (non-hydrogen) atoms. The van der Waals surface area contributed by atoms with Gasteiger partial charge in [0.15, 0.2) is 5.16 Å². The molecule has 0 aliphatic carbocycles. The van der Waals surface area contributed by atoms with Gasteiger partial charge in [0, 0.05) is 23.6 Å². The lowest BCUT2D eigenvalue weighted by molar-refractivity contribution is -0.113. The van der Waals surface area contributed by atoms with Crippen LogP contribution in [0.1, 0.15) is 22.5 Å². The number of nitrogens with zero attached hydrogens (tertiary/aromatic N) is 3. The lowest BCUT2D eigenvalue weighted by atomic mass is 10.1. The highest BCUT2D eigenvalue weighted by molar-refractivity contribution is 9.10. The van der Waals surface area contributed by atoms with Crippen molar-refractivity contribution in [2.45, 2.75) is 25.4 Å². The van der Waals surface area contributed by atoms with Gasteiger partial charge in [0.1, 0.15) is 5.82 Å². The van der Waals surface area contributed by atoms with E-state index in [2.05, 4.69) is 43.6 Å². The molecule has 0 saturated heterocycles. The SMILES string of the molecule is Cc1cc(Br)cc(C)c1NC(=O)CSc1nnc(Cc2ccccc2)n1C. The van der Waals surface area contributed by atoms with E-state index >= 15 is 0 Å². The highest BCUT2D eigenvalue weighted by Gasteiger charge is 2.13. The van der Waals surface area contributed by atoms with Gasteiger partial charge in [-0.3, -0.25) is 4.79 Å². The van der Waals surface area contributed by atoms with Crippen LogP contribution in [0.2, 0.25) is 0 Å². The molecule has 7 heteroatoms. The molecule has 1 aromatic heterocycles. The molecule has 0 spiro atoms. The maximum absolute atomic E-state index is 12.4. The molecule has 1 amide bonds. The maximum atomic E-state index is 12.4. The summed E-state index contributed by atoms with van der Waals surface area (Å²) in [5, 5.41) is 12.2. The van der Waals surface area contributed by atoms with Gasteiger partial charge in [-0.25, -0.2) is 0 Å². The van der Waals surface area contributed by atoms with Gasteiger partial charge in [0.25, 0.3) is 0 Å². The third-order valence-corrected chi connectivity index (χ3v) is 5.70. The number of carbonyl (C=O) groups excluding carboxylic acids is 1. The largest absolute Gasteiger partial charge is 0.325 e. The zero-order chi connectivity index (χ0) is 19.4. The monoisotopic (exact) mass is 444 g/mol. The van der Waals surface area contributed by atoms with Gasteiger partial charge in [0.05, 0.1) is 5.75 Å². The van der Waals surface area contributed by atoms with Crippen molar-refractivity contribution < 1.29 is 4.79 Å². The van der Waals surface area contributed by atoms with Crippen LogP contribution in [0.5, 0.6) is 0 Å². The summed E-state index contributed by atoms with van der Waals surface area (Å²) in [5.74, 6) is 1.11. The first-order chi connectivity index (χ1) is 12.9. The van der Waals surface area contributed by atoms with E-state index in [0.717, 1.165) is 32.3 Å². The molecule has 3 rings (SSSR count). The first-order valence-corrected chi connectivity index (χ1v) is 10.3. The quantitative estimate of drug-likeness (QED) is 0.567. The molecule has 0 bridgehead atoms. The topological polar surface area (TPSA) is 59.8 Å². The molecule has 0 aliphatic rings. The molecule has 0 aliphatic heterocycles. The summed E-state index contributed by atoms with van der Waals surface area (Å²) in [4.78, 5) is 12.4. The number of aryl methyl sites for hydroxylation is 2. The predicted molar refractivity (Wildman–Crippen MR) is 113 cm³/mol. The molecular weight excluding hydrogens is 424 g/mol. The zero-order valence-corrected chi connectivity index (χ0v) is 17.9. The minimum atomic E-state index is -0.0545. The summed E-state index contributed by atoms with van der Waals surface area (Å²) in [6.45, 7) is 3.97. The number of anilines is 1. The van der Waals surface area contributed by atoms with E-state index in [1.54, 1.807) is 0 Å². The number of rotatable bonds is 6. The molecule has 1 N–H and O–H groups in total. The van der Waals surface area contributed by atoms with E-state index in [1.807, 2.05) is 55.8 Å². The highest BCUT2D eigenvalue weighted by Crippen LogP contribution is 2.25. The Morgan fingerprint density at radius 2 is 1.81 bits per heavy atom. The minimum Gasteiger partial charge on any atom is -0.325 e. The Hall–Kier alpha value is -2.12. The van der Waals surface area contributed by atoms with Gasteiger partial charge in [0.2, 0.25) is 5.91 Å². The average Bonchev–Trinajstić information content (AvgIpc) is 2.97. The minimum absolute atomic E-state index is 0.0545. The second kappa shape index (κ2) is 8.71. The summed E-state index contributed by atoms with van der Waals surface area (Å²) in [6, 6.07) is 14.1. The maximum Gasteiger partial charge on any atom is 0.234 e. The molecule has 0 radical (unpaired) electrons. The first kappa shape index (κ1) is 19.6. The molecular formula is C20H21BrN4OS. The fraction of sp³-hybridized carbons (Fsp3) is 0.250. The Morgan fingerprint density at radius 3 is 2.48 bits per heavy atom. The Bertz CT molecular complexity index is 933. The van der Waals surface area contributed by atoms with Crippen molar-refractivity contribution in [2.75, 3.05) is 11.1 Å². The molecule has 5 nitrogen and oxygen atoms in total. The average molecular weight is 445 g/mol. The molecule has 2 aromatic carbocycles. The number of benzene rings is 2. The summed E-state index contributed by atoms with van der Waals surface area (Å²) in [5.41, 5.74) is 4.11. The van der Waals surface area contributed by atoms with Gasteiger partial charge in [-0.05, 0) is 42.7 Å². The first-order valence-electron chi connectivity index (χ1n) is 8.55. The van der Waals surface area contributed by atoms with Crippen LogP contribution in [-0.2, 0) is 18.3 Å². The summed E-state index contributed by atoms with van der Waals surface area (Å²) >= 11 is 4.86. The number of amides is 1. The Kier molecular flexibility index (Phi) is 6.34. The standard InChI is InChI=1S/C20H21BrN4OS/c1-13-9-16(21)10-14(2)19(13)22-18(26)12-27-20-24-23-17(25(20)3)11-15-7-5-4-6-8-15/h4-10H,11-12H2,1-3H3,(H,22,26). The van der Waals surface area contributed by atoms with E-state index < -0.39 is 0 Å².